The maximum absolute atomic E-state index is 11.1. The Labute approximate surface area is 99.4 Å². The first-order valence-corrected chi connectivity index (χ1v) is 5.30. The molecule has 1 aromatic rings. The van der Waals surface area contributed by atoms with E-state index in [0.29, 0.717) is 5.75 Å². The summed E-state index contributed by atoms with van der Waals surface area (Å²) in [6, 6.07) is 7.36. The fourth-order valence-corrected chi connectivity index (χ4v) is 1.19. The molecule has 1 N–H and O–H groups in total. The van der Waals surface area contributed by atoms with E-state index in [1.165, 1.54) is 5.56 Å². The summed E-state index contributed by atoms with van der Waals surface area (Å²) >= 11 is 0. The first-order chi connectivity index (χ1) is 8.11. The molecular weight excluding hydrogens is 222 g/mol. The molecule has 0 aliphatic carbocycles. The smallest absolute Gasteiger partial charge is 0.258 e. The summed E-state index contributed by atoms with van der Waals surface area (Å²) in [5.74, 6) is -1.25. The Morgan fingerprint density at radius 3 is 2.47 bits per heavy atom. The van der Waals surface area contributed by atoms with Gasteiger partial charge >= 0.3 is 0 Å². The molecule has 0 spiro atoms. The van der Waals surface area contributed by atoms with E-state index in [2.05, 4.69) is 5.32 Å². The van der Waals surface area contributed by atoms with Gasteiger partial charge in [-0.05, 0) is 24.1 Å². The van der Waals surface area contributed by atoms with Gasteiger partial charge in [0.2, 0.25) is 0 Å². The van der Waals surface area contributed by atoms with Gasteiger partial charge in [0.25, 0.3) is 5.91 Å². The number of benzene rings is 1. The number of hydrogen-bond acceptors (Lipinski definition) is 4. The third-order valence-corrected chi connectivity index (χ3v) is 2.13. The number of aryl methyl sites for hydroxylation is 1. The van der Waals surface area contributed by atoms with Gasteiger partial charge < -0.3 is 20.0 Å². The third-order valence-electron chi connectivity index (χ3n) is 2.13. The predicted octanol–water partition coefficient (Wildman–Crippen LogP) is -0.506. The fraction of sp³-hybridized carbons (Fsp3) is 0.333. The Morgan fingerprint density at radius 2 is 1.94 bits per heavy atom. The van der Waals surface area contributed by atoms with E-state index < -0.39 is 18.4 Å². The van der Waals surface area contributed by atoms with Crippen molar-refractivity contribution in [1.29, 1.82) is 0 Å². The molecule has 0 aromatic heterocycles. The lowest BCUT2D eigenvalue weighted by Crippen LogP contribution is -2.39. The topological polar surface area (TPSA) is 78.5 Å². The zero-order chi connectivity index (χ0) is 12.7. The number of rotatable bonds is 6. The molecule has 0 bridgehead atoms. The van der Waals surface area contributed by atoms with E-state index >= 15 is 0 Å². The van der Waals surface area contributed by atoms with Gasteiger partial charge in [0.15, 0.2) is 6.61 Å². The number of amides is 1. The molecule has 0 radical (unpaired) electrons. The quantitative estimate of drug-likeness (QED) is 0.721. The molecule has 1 rings (SSSR count). The molecule has 5 nitrogen and oxygen atoms in total. The summed E-state index contributed by atoms with van der Waals surface area (Å²) in [5.41, 5.74) is 1.18. The Kier molecular flexibility index (Phi) is 5.00. The van der Waals surface area contributed by atoms with Crippen LogP contribution in [0.1, 0.15) is 12.5 Å². The van der Waals surface area contributed by atoms with Gasteiger partial charge in [0.1, 0.15) is 5.75 Å². The summed E-state index contributed by atoms with van der Waals surface area (Å²) in [6.45, 7) is 1.33. The second-order valence-electron chi connectivity index (χ2n) is 3.43. The summed E-state index contributed by atoms with van der Waals surface area (Å²) in [6.07, 6.45) is 0.937. The van der Waals surface area contributed by atoms with E-state index in [4.69, 9.17) is 4.74 Å². The monoisotopic (exact) mass is 236 g/mol. The number of hydrogen-bond donors (Lipinski definition) is 1. The molecule has 5 heteroatoms. The highest BCUT2D eigenvalue weighted by molar-refractivity contribution is 5.81. The molecule has 0 saturated carbocycles. The molecule has 0 fully saturated rings. The minimum absolute atomic E-state index is 0.210. The van der Waals surface area contributed by atoms with E-state index in [9.17, 15) is 14.7 Å². The standard InChI is InChI=1S/C12H15NO4/c1-2-9-3-5-10(6-4-9)17-8-11(14)13-7-12(15)16/h3-6H,2,7-8H2,1H3,(H,13,14)(H,15,16)/p-1. The van der Waals surface area contributed by atoms with Gasteiger partial charge in [-0.25, -0.2) is 0 Å². The van der Waals surface area contributed by atoms with Crippen LogP contribution in [0.4, 0.5) is 0 Å². The highest BCUT2D eigenvalue weighted by Crippen LogP contribution is 2.12. The number of carbonyl (C=O) groups excluding carboxylic acids is 2. The molecule has 0 aliphatic rings. The summed E-state index contributed by atoms with van der Waals surface area (Å²) in [5, 5.41) is 12.2. The molecule has 17 heavy (non-hydrogen) atoms. The molecule has 0 aliphatic heterocycles. The molecule has 1 aromatic carbocycles. The van der Waals surface area contributed by atoms with Crippen molar-refractivity contribution in [3.05, 3.63) is 29.8 Å². The molecule has 0 unspecified atom stereocenters. The van der Waals surface area contributed by atoms with Crippen LogP contribution in [0.25, 0.3) is 0 Å². The van der Waals surface area contributed by atoms with Crippen molar-refractivity contribution in [2.75, 3.05) is 13.2 Å². The Balaban J connectivity index is 2.34. The third kappa shape index (κ3) is 5.01. The van der Waals surface area contributed by atoms with Crippen LogP contribution in [0.15, 0.2) is 24.3 Å². The first kappa shape index (κ1) is 13.0. The van der Waals surface area contributed by atoms with Gasteiger partial charge in [0.05, 0.1) is 12.5 Å². The van der Waals surface area contributed by atoms with Crippen LogP contribution in [-0.2, 0) is 16.0 Å². The van der Waals surface area contributed by atoms with E-state index in [1.54, 1.807) is 12.1 Å². The molecule has 0 saturated heterocycles. The molecule has 1 amide bonds. The molecule has 92 valence electrons. The minimum atomic E-state index is -1.33. The average Bonchev–Trinajstić information content (AvgIpc) is 2.34. The number of ether oxygens (including phenoxy) is 1. The summed E-state index contributed by atoms with van der Waals surface area (Å²) in [7, 11) is 0. The van der Waals surface area contributed by atoms with Crippen LogP contribution in [0.2, 0.25) is 0 Å². The SMILES string of the molecule is CCc1ccc(OCC(=O)NCC(=O)[O-])cc1. The van der Waals surface area contributed by atoms with Gasteiger partial charge in [-0.1, -0.05) is 19.1 Å². The van der Waals surface area contributed by atoms with Crippen molar-refractivity contribution >= 4 is 11.9 Å². The van der Waals surface area contributed by atoms with Crippen molar-refractivity contribution in [3.63, 3.8) is 0 Å². The highest BCUT2D eigenvalue weighted by atomic mass is 16.5. The molecule has 0 heterocycles. The maximum atomic E-state index is 11.1. The van der Waals surface area contributed by atoms with Crippen molar-refractivity contribution in [2.24, 2.45) is 0 Å². The van der Waals surface area contributed by atoms with Crippen LogP contribution in [0.5, 0.6) is 5.75 Å². The van der Waals surface area contributed by atoms with Crippen LogP contribution in [0.3, 0.4) is 0 Å². The number of nitrogens with one attached hydrogen (secondary N) is 1. The van der Waals surface area contributed by atoms with E-state index in [1.807, 2.05) is 19.1 Å². The lowest BCUT2D eigenvalue weighted by Gasteiger charge is -2.08. The number of aliphatic carboxylic acids is 1. The number of carbonyl (C=O) groups is 2. The highest BCUT2D eigenvalue weighted by Gasteiger charge is 2.02. The van der Waals surface area contributed by atoms with Crippen LogP contribution >= 0.6 is 0 Å². The molecular formula is C12H14NO4-. The van der Waals surface area contributed by atoms with Gasteiger partial charge in [-0.2, -0.15) is 0 Å². The zero-order valence-electron chi connectivity index (χ0n) is 9.56. The Bertz CT molecular complexity index is 386. The van der Waals surface area contributed by atoms with Crippen molar-refractivity contribution in [3.8, 4) is 5.75 Å². The maximum Gasteiger partial charge on any atom is 0.258 e. The van der Waals surface area contributed by atoms with Crippen LogP contribution in [-0.4, -0.2) is 25.0 Å². The predicted molar refractivity (Wildman–Crippen MR) is 59.3 cm³/mol. The second-order valence-corrected chi connectivity index (χ2v) is 3.43. The normalized spacial score (nSPS) is 9.71. The lowest BCUT2D eigenvalue weighted by molar-refractivity contribution is -0.304. The van der Waals surface area contributed by atoms with Gasteiger partial charge in [-0.15, -0.1) is 0 Å². The first-order valence-electron chi connectivity index (χ1n) is 5.30. The van der Waals surface area contributed by atoms with E-state index in [0.717, 1.165) is 6.42 Å². The number of carboxylic acids is 1. The number of carboxylic acid groups (broad SMARTS) is 1. The van der Waals surface area contributed by atoms with Crippen molar-refractivity contribution < 1.29 is 19.4 Å². The van der Waals surface area contributed by atoms with Crippen molar-refractivity contribution in [1.82, 2.24) is 5.32 Å². The Hall–Kier alpha value is -2.04. The Morgan fingerprint density at radius 1 is 1.29 bits per heavy atom. The van der Waals surface area contributed by atoms with E-state index in [-0.39, 0.29) is 6.61 Å². The zero-order valence-corrected chi connectivity index (χ0v) is 9.56. The lowest BCUT2D eigenvalue weighted by atomic mass is 10.2. The van der Waals surface area contributed by atoms with Gasteiger partial charge in [-0.3, -0.25) is 4.79 Å². The van der Waals surface area contributed by atoms with Crippen LogP contribution in [0, 0.1) is 0 Å². The fourth-order valence-electron chi connectivity index (χ4n) is 1.19. The average molecular weight is 236 g/mol. The largest absolute Gasteiger partial charge is 0.548 e. The molecule has 0 atom stereocenters. The van der Waals surface area contributed by atoms with Gasteiger partial charge in [0, 0.05) is 0 Å². The minimum Gasteiger partial charge on any atom is -0.548 e. The van der Waals surface area contributed by atoms with Crippen LogP contribution < -0.4 is 15.2 Å². The van der Waals surface area contributed by atoms with Crippen molar-refractivity contribution in [2.45, 2.75) is 13.3 Å². The summed E-state index contributed by atoms with van der Waals surface area (Å²) in [4.78, 5) is 21.2. The second kappa shape index (κ2) is 6.52. The summed E-state index contributed by atoms with van der Waals surface area (Å²) < 4.78 is 5.17.